The first-order valence-corrected chi connectivity index (χ1v) is 11.7. The molecule has 0 aliphatic heterocycles. The van der Waals surface area contributed by atoms with E-state index in [0.717, 1.165) is 16.7 Å². The van der Waals surface area contributed by atoms with Crippen molar-refractivity contribution in [3.63, 3.8) is 0 Å². The zero-order valence-electron chi connectivity index (χ0n) is 19.8. The third kappa shape index (κ3) is 6.00. The number of aliphatic carboxylic acids is 1. The fourth-order valence-electron chi connectivity index (χ4n) is 3.73. The Labute approximate surface area is 231 Å². The van der Waals surface area contributed by atoms with Crippen LogP contribution < -0.4 is 40.0 Å². The van der Waals surface area contributed by atoms with Gasteiger partial charge in [-0.1, -0.05) is 96.2 Å². The van der Waals surface area contributed by atoms with Crippen molar-refractivity contribution in [2.24, 2.45) is 5.16 Å². The second-order valence-electron chi connectivity index (χ2n) is 7.89. The van der Waals surface area contributed by atoms with Crippen molar-refractivity contribution in [2.45, 2.75) is 25.5 Å². The van der Waals surface area contributed by atoms with E-state index in [1.165, 1.54) is 11.3 Å². The molecule has 0 fully saturated rings. The van der Waals surface area contributed by atoms with Crippen molar-refractivity contribution in [3.05, 3.63) is 119 Å². The Morgan fingerprint density at radius 3 is 1.77 bits per heavy atom. The number of benzene rings is 3. The molecule has 0 aliphatic rings. The van der Waals surface area contributed by atoms with E-state index in [1.54, 1.807) is 19.2 Å². The van der Waals surface area contributed by atoms with E-state index in [2.05, 4.69) is 51.9 Å². The quantitative estimate of drug-likeness (QED) is 0.165. The Kier molecular flexibility index (Phi) is 9.23. The number of anilines is 1. The average Bonchev–Trinajstić information content (AvgIpc) is 3.32. The largest absolute Gasteiger partial charge is 1.00 e. The van der Waals surface area contributed by atoms with Gasteiger partial charge in [-0.25, -0.2) is 4.98 Å². The Balaban J connectivity index is 0.00000342. The van der Waals surface area contributed by atoms with Gasteiger partial charge in [0.25, 0.3) is 0 Å². The predicted octanol–water partition coefficient (Wildman–Crippen LogP) is 1.43. The summed E-state index contributed by atoms with van der Waals surface area (Å²) in [6, 6.07) is 30.3. The number of nitrogens with zero attached hydrogens (tertiary/aromatic N) is 2. The molecular weight excluding hydrogens is 469 g/mol. The number of carboxylic acids is 1. The molecule has 1 heterocycles. The van der Waals surface area contributed by atoms with E-state index in [0.29, 0.717) is 5.13 Å². The first-order valence-electron chi connectivity index (χ1n) is 10.9. The first-order chi connectivity index (χ1) is 16.5. The Morgan fingerprint density at radius 1 is 0.914 bits per heavy atom. The van der Waals surface area contributed by atoms with E-state index in [4.69, 9.17) is 4.84 Å². The number of thiazole rings is 1. The smallest absolute Gasteiger partial charge is 0.543 e. The number of aromatic nitrogens is 1. The summed E-state index contributed by atoms with van der Waals surface area (Å²) in [5.41, 5.74) is 2.11. The van der Waals surface area contributed by atoms with Gasteiger partial charge in [-0.15, -0.1) is 11.3 Å². The van der Waals surface area contributed by atoms with Gasteiger partial charge >= 0.3 is 29.6 Å². The van der Waals surface area contributed by atoms with Crippen LogP contribution in [0, 0.1) is 0 Å². The number of carbonyl (C=O) groups is 1. The third-order valence-corrected chi connectivity index (χ3v) is 5.97. The summed E-state index contributed by atoms with van der Waals surface area (Å²) in [5.74, 6) is -1.45. The Hall–Kier alpha value is -2.97. The van der Waals surface area contributed by atoms with Crippen molar-refractivity contribution < 1.29 is 44.3 Å². The second kappa shape index (κ2) is 12.1. The molecule has 0 amide bonds. The number of carbonyl (C=O) groups excluding carboxylic acids is 1. The molecule has 0 saturated carbocycles. The maximum atomic E-state index is 11.7. The van der Waals surface area contributed by atoms with Gasteiger partial charge in [-0.3, -0.25) is 0 Å². The van der Waals surface area contributed by atoms with Crippen LogP contribution in [0.3, 0.4) is 0 Å². The van der Waals surface area contributed by atoms with Crippen LogP contribution in [0.1, 0.15) is 36.2 Å². The molecule has 0 saturated heterocycles. The third-order valence-electron chi connectivity index (χ3n) is 5.21. The van der Waals surface area contributed by atoms with Gasteiger partial charge in [0, 0.05) is 5.38 Å². The molecule has 4 aromatic rings. The van der Waals surface area contributed by atoms with Crippen LogP contribution in [0.4, 0.5) is 5.13 Å². The molecule has 0 unspecified atom stereocenters. The molecule has 0 bridgehead atoms. The molecule has 0 spiro atoms. The molecule has 6 nitrogen and oxygen atoms in total. The van der Waals surface area contributed by atoms with Gasteiger partial charge < -0.3 is 20.1 Å². The maximum Gasteiger partial charge on any atom is 1.00 e. The van der Waals surface area contributed by atoms with Crippen LogP contribution in [0.15, 0.2) is 102 Å². The van der Waals surface area contributed by atoms with Crippen molar-refractivity contribution in [3.8, 4) is 0 Å². The van der Waals surface area contributed by atoms with E-state index in [9.17, 15) is 9.90 Å². The average molecular weight is 494 g/mol. The zero-order chi connectivity index (χ0) is 24.0. The minimum Gasteiger partial charge on any atom is -0.543 e. The SMILES string of the molecule is CC(C)ON=C(C(=O)[O-])c1csc(NC(c2ccccc2)(c2ccccc2)c2ccccc2)n1.[Na+]. The summed E-state index contributed by atoms with van der Waals surface area (Å²) in [6.07, 6.45) is -0.271. The maximum absolute atomic E-state index is 11.7. The molecule has 8 heteroatoms. The fourth-order valence-corrected chi connectivity index (χ4v) is 4.48. The molecular formula is C27H24N3NaO3S. The summed E-state index contributed by atoms with van der Waals surface area (Å²) in [4.78, 5) is 21.4. The van der Waals surface area contributed by atoms with Gasteiger partial charge in [-0.05, 0) is 30.5 Å². The molecule has 0 radical (unpaired) electrons. The molecule has 172 valence electrons. The van der Waals surface area contributed by atoms with Gasteiger partial charge in [0.1, 0.15) is 17.3 Å². The van der Waals surface area contributed by atoms with Crippen LogP contribution in [-0.2, 0) is 15.2 Å². The number of hydrogen-bond donors (Lipinski definition) is 1. The van der Waals surface area contributed by atoms with Gasteiger partial charge in [0.15, 0.2) is 10.8 Å². The van der Waals surface area contributed by atoms with Gasteiger partial charge in [0.05, 0.1) is 5.97 Å². The van der Waals surface area contributed by atoms with Gasteiger partial charge in [0.2, 0.25) is 0 Å². The molecule has 1 N–H and O–H groups in total. The second-order valence-corrected chi connectivity index (χ2v) is 8.75. The van der Waals surface area contributed by atoms with Crippen molar-refractivity contribution in [2.75, 3.05) is 5.32 Å². The normalized spacial score (nSPS) is 11.6. The summed E-state index contributed by atoms with van der Waals surface area (Å²) in [6.45, 7) is 3.52. The monoisotopic (exact) mass is 493 g/mol. The molecule has 0 atom stereocenters. The standard InChI is InChI=1S/C27H25N3O3S.Na/c1-19(2)33-30-24(25(31)32)23-18-34-26(28-23)29-27(20-12-6-3-7-13-20,21-14-8-4-9-15-21)22-16-10-5-11-17-22;/h3-19H,1-2H3,(H,28,29)(H,31,32);/q;+1/p-1. The summed E-state index contributed by atoms with van der Waals surface area (Å²) in [5, 5.41) is 21.2. The first kappa shape index (κ1) is 26.6. The van der Waals surface area contributed by atoms with E-state index >= 15 is 0 Å². The van der Waals surface area contributed by atoms with Crippen molar-refractivity contribution in [1.29, 1.82) is 0 Å². The number of hydrogen-bond acceptors (Lipinski definition) is 7. The van der Waals surface area contributed by atoms with Crippen LogP contribution >= 0.6 is 11.3 Å². The Bertz CT molecular complexity index is 1170. The minimum absolute atomic E-state index is 0. The number of rotatable bonds is 9. The molecule has 35 heavy (non-hydrogen) atoms. The summed E-state index contributed by atoms with van der Waals surface area (Å²) in [7, 11) is 0. The van der Waals surface area contributed by atoms with Crippen LogP contribution in [0.5, 0.6) is 0 Å². The van der Waals surface area contributed by atoms with Crippen molar-refractivity contribution >= 4 is 28.1 Å². The topological polar surface area (TPSA) is 86.6 Å². The van der Waals surface area contributed by atoms with E-state index in [-0.39, 0.29) is 47.1 Å². The number of carboxylic acid groups (broad SMARTS) is 1. The fraction of sp³-hybridized carbons (Fsp3) is 0.148. The van der Waals surface area contributed by atoms with E-state index < -0.39 is 11.5 Å². The predicted molar refractivity (Wildman–Crippen MR) is 133 cm³/mol. The molecule has 4 rings (SSSR count). The van der Waals surface area contributed by atoms with Gasteiger partial charge in [-0.2, -0.15) is 0 Å². The molecule has 3 aromatic carbocycles. The van der Waals surface area contributed by atoms with Crippen LogP contribution in [0.25, 0.3) is 0 Å². The van der Waals surface area contributed by atoms with E-state index in [1.807, 2.05) is 54.6 Å². The number of oxime groups is 1. The summed E-state index contributed by atoms with van der Waals surface area (Å²) >= 11 is 1.29. The number of nitrogens with one attached hydrogen (secondary N) is 1. The molecule has 1 aromatic heterocycles. The Morgan fingerprint density at radius 2 is 1.37 bits per heavy atom. The van der Waals surface area contributed by atoms with Crippen LogP contribution in [-0.4, -0.2) is 22.8 Å². The molecule has 0 aliphatic carbocycles. The minimum atomic E-state index is -1.45. The summed E-state index contributed by atoms with van der Waals surface area (Å²) < 4.78 is 0. The van der Waals surface area contributed by atoms with Crippen molar-refractivity contribution in [1.82, 2.24) is 4.98 Å². The zero-order valence-corrected chi connectivity index (χ0v) is 22.7. The van der Waals surface area contributed by atoms with Crippen LogP contribution in [0.2, 0.25) is 0 Å².